The molecule has 1 aliphatic heterocycles. The molecular formula is C8H13F3N2O3S. The van der Waals surface area contributed by atoms with Crippen LogP contribution in [0.5, 0.6) is 0 Å². The van der Waals surface area contributed by atoms with Crippen molar-refractivity contribution in [3.05, 3.63) is 11.4 Å². The minimum atomic E-state index is -6.09. The molecule has 0 radical (unpaired) electrons. The topological polar surface area (TPSA) is 74.0 Å². The SMILES string of the molecule is CC[NH+]1C=NC(C)=C1C.O=S(=O)([O-])C(F)(F)F. The molecule has 0 aromatic rings. The fourth-order valence-corrected chi connectivity index (χ4v) is 0.957. The second kappa shape index (κ2) is 5.61. The lowest BCUT2D eigenvalue weighted by Gasteiger charge is -2.08. The van der Waals surface area contributed by atoms with E-state index >= 15 is 0 Å². The number of hydrogen-bond acceptors (Lipinski definition) is 4. The summed E-state index contributed by atoms with van der Waals surface area (Å²) in [5.41, 5.74) is -3.11. The maximum Gasteiger partial charge on any atom is 0.485 e. The highest BCUT2D eigenvalue weighted by molar-refractivity contribution is 7.86. The number of rotatable bonds is 1. The molecule has 5 nitrogen and oxygen atoms in total. The van der Waals surface area contributed by atoms with Crippen molar-refractivity contribution in [2.24, 2.45) is 4.99 Å². The van der Waals surface area contributed by atoms with E-state index in [-0.39, 0.29) is 0 Å². The fraction of sp³-hybridized carbons (Fsp3) is 0.625. The second-order valence-corrected chi connectivity index (χ2v) is 4.62. The molecular weight excluding hydrogens is 261 g/mol. The second-order valence-electron chi connectivity index (χ2n) is 3.25. The van der Waals surface area contributed by atoms with E-state index in [1.165, 1.54) is 16.3 Å². The largest absolute Gasteiger partial charge is 0.741 e. The lowest BCUT2D eigenvalue weighted by Crippen LogP contribution is -3.07. The third-order valence-corrected chi connectivity index (χ3v) is 2.67. The number of nitrogens with zero attached hydrogens (tertiary/aromatic N) is 1. The quantitative estimate of drug-likeness (QED) is 0.549. The molecule has 0 aliphatic carbocycles. The van der Waals surface area contributed by atoms with Crippen LogP contribution in [0.15, 0.2) is 16.4 Å². The zero-order valence-electron chi connectivity index (χ0n) is 9.50. The summed E-state index contributed by atoms with van der Waals surface area (Å²) in [6.07, 6.45) is 1.96. The molecule has 1 rings (SSSR count). The maximum absolute atomic E-state index is 10.7. The molecule has 1 atom stereocenters. The van der Waals surface area contributed by atoms with E-state index in [1.807, 2.05) is 6.34 Å². The number of hydrogen-bond donors (Lipinski definition) is 1. The van der Waals surface area contributed by atoms with E-state index in [0.29, 0.717) is 0 Å². The Hall–Kier alpha value is -0.930. The van der Waals surface area contributed by atoms with E-state index in [9.17, 15) is 13.2 Å². The minimum absolute atomic E-state index is 1.10. The minimum Gasteiger partial charge on any atom is -0.741 e. The van der Waals surface area contributed by atoms with Crippen molar-refractivity contribution < 1.29 is 31.0 Å². The molecule has 1 unspecified atom stereocenters. The summed E-state index contributed by atoms with van der Waals surface area (Å²) < 4.78 is 58.9. The van der Waals surface area contributed by atoms with Gasteiger partial charge in [-0.15, -0.1) is 0 Å². The standard InChI is InChI=1S/C7H12N2.CHF3O3S/c1-4-9-5-8-6(2)7(9)3;2-1(3,4)8(5,6)7/h5H,4H2,1-3H3;(H,5,6,7). The van der Waals surface area contributed by atoms with Crippen molar-refractivity contribution in [1.29, 1.82) is 0 Å². The summed E-state index contributed by atoms with van der Waals surface area (Å²) in [5.74, 6) is 0. The third-order valence-electron chi connectivity index (χ3n) is 2.10. The number of alkyl halides is 3. The molecule has 1 aliphatic rings. The Balaban J connectivity index is 0.000000304. The van der Waals surface area contributed by atoms with Crippen LogP contribution in [0.25, 0.3) is 0 Å². The van der Waals surface area contributed by atoms with Gasteiger partial charge < -0.3 is 4.55 Å². The van der Waals surface area contributed by atoms with Gasteiger partial charge in [-0.05, 0) is 13.8 Å². The number of quaternary nitrogens is 1. The zero-order chi connectivity index (χ0) is 13.9. The van der Waals surface area contributed by atoms with Gasteiger partial charge in [-0.1, -0.05) is 0 Å². The van der Waals surface area contributed by atoms with Crippen LogP contribution in [-0.2, 0) is 10.1 Å². The van der Waals surface area contributed by atoms with Crippen LogP contribution in [0.3, 0.4) is 0 Å². The van der Waals surface area contributed by atoms with Crippen molar-refractivity contribution >= 4 is 16.5 Å². The molecule has 1 N–H and O–H groups in total. The highest BCUT2D eigenvalue weighted by Crippen LogP contribution is 2.20. The van der Waals surface area contributed by atoms with Crippen LogP contribution < -0.4 is 4.90 Å². The van der Waals surface area contributed by atoms with Gasteiger partial charge in [0.25, 0.3) is 0 Å². The molecule has 0 aromatic heterocycles. The Morgan fingerprint density at radius 3 is 1.94 bits per heavy atom. The van der Waals surface area contributed by atoms with Gasteiger partial charge in [0, 0.05) is 6.92 Å². The van der Waals surface area contributed by atoms with Gasteiger partial charge in [-0.25, -0.2) is 13.4 Å². The lowest BCUT2D eigenvalue weighted by molar-refractivity contribution is -0.749. The van der Waals surface area contributed by atoms with E-state index in [0.717, 1.165) is 6.54 Å². The number of halogens is 3. The van der Waals surface area contributed by atoms with Crippen LogP contribution in [0.2, 0.25) is 0 Å². The molecule has 0 fully saturated rings. The summed E-state index contributed by atoms with van der Waals surface area (Å²) in [4.78, 5) is 5.57. The van der Waals surface area contributed by atoms with Gasteiger partial charge >= 0.3 is 5.51 Å². The average molecular weight is 274 g/mol. The molecule has 0 aromatic carbocycles. The van der Waals surface area contributed by atoms with Crippen molar-refractivity contribution in [2.75, 3.05) is 6.54 Å². The predicted molar refractivity (Wildman–Crippen MR) is 54.1 cm³/mol. The van der Waals surface area contributed by atoms with Crippen molar-refractivity contribution in [1.82, 2.24) is 0 Å². The summed E-state index contributed by atoms with van der Waals surface area (Å²) >= 11 is 0. The van der Waals surface area contributed by atoms with Crippen LogP contribution in [0, 0.1) is 0 Å². The molecule has 0 spiro atoms. The Morgan fingerprint density at radius 2 is 1.82 bits per heavy atom. The van der Waals surface area contributed by atoms with E-state index in [2.05, 4.69) is 25.8 Å². The molecule has 17 heavy (non-hydrogen) atoms. The first-order valence-electron chi connectivity index (χ1n) is 4.60. The van der Waals surface area contributed by atoms with E-state index < -0.39 is 15.6 Å². The van der Waals surface area contributed by atoms with Gasteiger partial charge in [-0.2, -0.15) is 13.2 Å². The average Bonchev–Trinajstić information content (AvgIpc) is 2.45. The van der Waals surface area contributed by atoms with Crippen LogP contribution in [0.4, 0.5) is 13.2 Å². The first-order chi connectivity index (χ1) is 7.50. The summed E-state index contributed by atoms with van der Waals surface area (Å²) in [7, 11) is -6.09. The molecule has 0 saturated heterocycles. The number of nitrogens with one attached hydrogen (secondary N) is 1. The predicted octanol–water partition coefficient (Wildman–Crippen LogP) is 0.236. The highest BCUT2D eigenvalue weighted by atomic mass is 32.2. The van der Waals surface area contributed by atoms with Crippen molar-refractivity contribution in [3.63, 3.8) is 0 Å². The molecule has 0 bridgehead atoms. The van der Waals surface area contributed by atoms with Gasteiger partial charge in [-0.3, -0.25) is 4.90 Å². The first kappa shape index (κ1) is 16.1. The molecule has 9 heteroatoms. The van der Waals surface area contributed by atoms with Crippen molar-refractivity contribution in [2.45, 2.75) is 26.3 Å². The smallest absolute Gasteiger partial charge is 0.485 e. The van der Waals surface area contributed by atoms with Gasteiger partial charge in [0.1, 0.15) is 5.70 Å². The normalized spacial score (nSPS) is 20.3. The first-order valence-corrected chi connectivity index (χ1v) is 6.01. The lowest BCUT2D eigenvalue weighted by atomic mass is 10.4. The maximum atomic E-state index is 10.7. The number of aliphatic imine (C=N–C) groups is 1. The van der Waals surface area contributed by atoms with E-state index in [4.69, 9.17) is 13.0 Å². The Morgan fingerprint density at radius 1 is 1.41 bits per heavy atom. The molecule has 0 saturated carbocycles. The highest BCUT2D eigenvalue weighted by Gasteiger charge is 2.36. The summed E-state index contributed by atoms with van der Waals surface area (Å²) in [6, 6.07) is 0. The monoisotopic (exact) mass is 274 g/mol. The fourth-order valence-electron chi connectivity index (χ4n) is 0.957. The van der Waals surface area contributed by atoms with Gasteiger partial charge in [0.05, 0.1) is 12.2 Å². The van der Waals surface area contributed by atoms with Gasteiger partial charge in [0.2, 0.25) is 0 Å². The van der Waals surface area contributed by atoms with Crippen LogP contribution >= 0.6 is 0 Å². The third kappa shape index (κ3) is 4.84. The zero-order valence-corrected chi connectivity index (χ0v) is 10.3. The van der Waals surface area contributed by atoms with Gasteiger partial charge in [0.15, 0.2) is 16.5 Å². The Labute approximate surface area is 97.4 Å². The summed E-state index contributed by atoms with van der Waals surface area (Å²) in [5, 5.41) is 0. The van der Waals surface area contributed by atoms with E-state index in [1.54, 1.807) is 0 Å². The van der Waals surface area contributed by atoms with Crippen LogP contribution in [0.1, 0.15) is 20.8 Å². The molecule has 0 amide bonds. The van der Waals surface area contributed by atoms with Crippen LogP contribution in [-0.4, -0.2) is 31.4 Å². The summed E-state index contributed by atoms with van der Waals surface area (Å²) in [6.45, 7) is 7.44. The Bertz CT molecular complexity index is 426. The number of allylic oxidation sites excluding steroid dienone is 2. The molecule has 1 heterocycles. The Kier molecular flexibility index (Phi) is 5.30. The molecule has 100 valence electrons. The van der Waals surface area contributed by atoms with Crippen molar-refractivity contribution in [3.8, 4) is 0 Å².